The summed E-state index contributed by atoms with van der Waals surface area (Å²) in [7, 11) is 1.61. The Balaban J connectivity index is 1.43. The number of hydrogen-bond donors (Lipinski definition) is 2. The molecule has 0 unspecified atom stereocenters. The SMILES string of the molecule is COc1cc(N2CCCCC2)ccc1C=C(C#N)C(=O)NCCc1c[nH]c2ccccc12. The normalized spacial score (nSPS) is 14.2. The number of rotatable bonds is 7. The molecule has 3 aromatic rings. The van der Waals surface area contributed by atoms with Gasteiger partial charge in [-0.1, -0.05) is 18.2 Å². The number of aromatic nitrogens is 1. The molecule has 1 aliphatic rings. The van der Waals surface area contributed by atoms with Crippen molar-refractivity contribution in [2.24, 2.45) is 0 Å². The fourth-order valence-electron chi connectivity index (χ4n) is 4.22. The molecule has 0 saturated carbocycles. The van der Waals surface area contributed by atoms with E-state index in [-0.39, 0.29) is 11.5 Å². The third-order valence-electron chi connectivity index (χ3n) is 5.96. The van der Waals surface area contributed by atoms with E-state index in [9.17, 15) is 10.1 Å². The Labute approximate surface area is 188 Å². The number of fused-ring (bicyclic) bond motifs is 1. The maximum absolute atomic E-state index is 12.6. The topological polar surface area (TPSA) is 81.2 Å². The predicted molar refractivity (Wildman–Crippen MR) is 128 cm³/mol. The van der Waals surface area contributed by atoms with Gasteiger partial charge in [0.15, 0.2) is 0 Å². The first kappa shape index (κ1) is 21.5. The van der Waals surface area contributed by atoms with Gasteiger partial charge >= 0.3 is 0 Å². The molecular formula is C26H28N4O2. The Morgan fingerprint density at radius 1 is 1.22 bits per heavy atom. The summed E-state index contributed by atoms with van der Waals surface area (Å²) in [6.45, 7) is 2.53. The van der Waals surface area contributed by atoms with E-state index in [0.29, 0.717) is 18.7 Å². The Hall–Kier alpha value is -3.72. The highest BCUT2D eigenvalue weighted by Crippen LogP contribution is 2.29. The lowest BCUT2D eigenvalue weighted by Gasteiger charge is -2.29. The maximum Gasteiger partial charge on any atom is 0.261 e. The molecule has 32 heavy (non-hydrogen) atoms. The largest absolute Gasteiger partial charge is 0.496 e. The number of carbonyl (C=O) groups excluding carboxylic acids is 1. The number of nitriles is 1. The zero-order chi connectivity index (χ0) is 22.3. The van der Waals surface area contributed by atoms with Crippen molar-refractivity contribution in [2.45, 2.75) is 25.7 Å². The molecular weight excluding hydrogens is 400 g/mol. The molecule has 1 saturated heterocycles. The molecule has 1 fully saturated rings. The van der Waals surface area contributed by atoms with E-state index in [1.807, 2.05) is 48.7 Å². The molecule has 2 aromatic carbocycles. The predicted octanol–water partition coefficient (Wildman–Crippen LogP) is 4.43. The molecule has 1 amide bonds. The van der Waals surface area contributed by atoms with Crippen molar-refractivity contribution < 1.29 is 9.53 Å². The second kappa shape index (κ2) is 10.1. The summed E-state index contributed by atoms with van der Waals surface area (Å²) in [5.74, 6) is 0.280. The van der Waals surface area contributed by atoms with E-state index < -0.39 is 0 Å². The van der Waals surface area contributed by atoms with Crippen LogP contribution < -0.4 is 15.0 Å². The fourth-order valence-corrected chi connectivity index (χ4v) is 4.22. The zero-order valence-corrected chi connectivity index (χ0v) is 18.4. The number of ether oxygens (including phenoxy) is 1. The van der Waals surface area contributed by atoms with Crippen molar-refractivity contribution in [3.63, 3.8) is 0 Å². The Morgan fingerprint density at radius 2 is 2.03 bits per heavy atom. The number of aromatic amines is 1. The molecule has 0 radical (unpaired) electrons. The molecule has 1 aromatic heterocycles. The van der Waals surface area contributed by atoms with Crippen LogP contribution in [0.1, 0.15) is 30.4 Å². The maximum atomic E-state index is 12.6. The van der Waals surface area contributed by atoms with Crippen LogP contribution in [0.5, 0.6) is 5.75 Å². The minimum atomic E-state index is -0.380. The minimum Gasteiger partial charge on any atom is -0.496 e. The molecule has 0 bridgehead atoms. The van der Waals surface area contributed by atoms with Crippen LogP contribution in [0, 0.1) is 11.3 Å². The third-order valence-corrected chi connectivity index (χ3v) is 5.96. The lowest BCUT2D eigenvalue weighted by atomic mass is 10.1. The smallest absolute Gasteiger partial charge is 0.261 e. The van der Waals surface area contributed by atoms with Gasteiger partial charge in [0.1, 0.15) is 17.4 Å². The van der Waals surface area contributed by atoms with Gasteiger partial charge in [-0.05, 0) is 55.5 Å². The number of benzene rings is 2. The van der Waals surface area contributed by atoms with Crippen molar-refractivity contribution in [3.8, 4) is 11.8 Å². The fraction of sp³-hybridized carbons (Fsp3) is 0.308. The monoisotopic (exact) mass is 428 g/mol. The molecule has 0 spiro atoms. The molecule has 6 nitrogen and oxygen atoms in total. The van der Waals surface area contributed by atoms with E-state index in [1.54, 1.807) is 13.2 Å². The van der Waals surface area contributed by atoms with E-state index in [0.717, 1.165) is 40.8 Å². The van der Waals surface area contributed by atoms with Gasteiger partial charge in [-0.2, -0.15) is 5.26 Å². The second-order valence-corrected chi connectivity index (χ2v) is 8.01. The number of para-hydroxylation sites is 1. The average Bonchev–Trinajstić information content (AvgIpc) is 3.26. The summed E-state index contributed by atoms with van der Waals surface area (Å²) in [6.07, 6.45) is 7.91. The summed E-state index contributed by atoms with van der Waals surface area (Å²) in [4.78, 5) is 18.2. The first-order valence-corrected chi connectivity index (χ1v) is 11.1. The molecule has 164 valence electrons. The van der Waals surface area contributed by atoms with Crippen LogP contribution in [0.15, 0.2) is 54.2 Å². The van der Waals surface area contributed by atoms with Gasteiger partial charge < -0.3 is 19.9 Å². The standard InChI is InChI=1S/C26H28N4O2/c1-32-25-16-22(30-13-5-2-6-14-30)10-9-19(25)15-21(17-27)26(31)28-12-11-20-18-29-24-8-4-3-7-23(20)24/h3-4,7-10,15-16,18,29H,2,5-6,11-14H2,1H3,(H,28,31). The first-order chi connectivity index (χ1) is 15.7. The molecule has 0 aliphatic carbocycles. The lowest BCUT2D eigenvalue weighted by Crippen LogP contribution is -2.29. The third kappa shape index (κ3) is 4.78. The molecule has 6 heteroatoms. The number of piperidine rings is 1. The van der Waals surface area contributed by atoms with Gasteiger partial charge in [0.2, 0.25) is 0 Å². The van der Waals surface area contributed by atoms with Crippen LogP contribution in [0.3, 0.4) is 0 Å². The minimum absolute atomic E-state index is 0.0629. The van der Waals surface area contributed by atoms with Gasteiger partial charge in [-0.3, -0.25) is 4.79 Å². The van der Waals surface area contributed by atoms with Crippen LogP contribution in [0.25, 0.3) is 17.0 Å². The number of amides is 1. The Kier molecular flexibility index (Phi) is 6.76. The van der Waals surface area contributed by atoms with Gasteiger partial charge in [-0.15, -0.1) is 0 Å². The highest BCUT2D eigenvalue weighted by Gasteiger charge is 2.15. The van der Waals surface area contributed by atoms with Crippen molar-refractivity contribution >= 4 is 28.6 Å². The van der Waals surface area contributed by atoms with Crippen molar-refractivity contribution in [2.75, 3.05) is 31.6 Å². The van der Waals surface area contributed by atoms with E-state index in [4.69, 9.17) is 4.74 Å². The van der Waals surface area contributed by atoms with Gasteiger partial charge in [-0.25, -0.2) is 0 Å². The molecule has 4 rings (SSSR count). The summed E-state index contributed by atoms with van der Waals surface area (Å²) >= 11 is 0. The first-order valence-electron chi connectivity index (χ1n) is 11.1. The van der Waals surface area contributed by atoms with Crippen LogP contribution >= 0.6 is 0 Å². The summed E-state index contributed by atoms with van der Waals surface area (Å²) in [6, 6.07) is 16.0. The van der Waals surface area contributed by atoms with Gasteiger partial charge in [0.05, 0.1) is 7.11 Å². The highest BCUT2D eigenvalue weighted by atomic mass is 16.5. The van der Waals surface area contributed by atoms with Crippen molar-refractivity contribution in [1.82, 2.24) is 10.3 Å². The molecule has 2 heterocycles. The quantitative estimate of drug-likeness (QED) is 0.431. The van der Waals surface area contributed by atoms with Crippen molar-refractivity contribution in [1.29, 1.82) is 5.26 Å². The molecule has 0 atom stereocenters. The van der Waals surface area contributed by atoms with Crippen LogP contribution in [-0.2, 0) is 11.2 Å². The number of H-pyrrole nitrogens is 1. The van der Waals surface area contributed by atoms with Crippen molar-refractivity contribution in [3.05, 3.63) is 65.4 Å². The van der Waals surface area contributed by atoms with Crippen LogP contribution in [0.2, 0.25) is 0 Å². The van der Waals surface area contributed by atoms with Crippen LogP contribution in [0.4, 0.5) is 5.69 Å². The number of nitrogens with zero attached hydrogens (tertiary/aromatic N) is 2. The summed E-state index contributed by atoms with van der Waals surface area (Å²) in [5, 5.41) is 13.6. The van der Waals surface area contributed by atoms with E-state index in [1.165, 1.54) is 19.3 Å². The Morgan fingerprint density at radius 3 is 2.81 bits per heavy atom. The highest BCUT2D eigenvalue weighted by molar-refractivity contribution is 6.02. The number of methoxy groups -OCH3 is 1. The number of nitrogens with one attached hydrogen (secondary N) is 2. The molecule has 1 aliphatic heterocycles. The average molecular weight is 429 g/mol. The number of hydrogen-bond acceptors (Lipinski definition) is 4. The van der Waals surface area contributed by atoms with E-state index in [2.05, 4.69) is 21.3 Å². The number of anilines is 1. The Bertz CT molecular complexity index is 1170. The summed E-state index contributed by atoms with van der Waals surface area (Å²) in [5.41, 5.74) is 4.11. The van der Waals surface area contributed by atoms with Gasteiger partial charge in [0.25, 0.3) is 5.91 Å². The summed E-state index contributed by atoms with van der Waals surface area (Å²) < 4.78 is 5.56. The number of carbonyl (C=O) groups is 1. The van der Waals surface area contributed by atoms with Crippen LogP contribution in [-0.4, -0.2) is 37.6 Å². The molecule has 2 N–H and O–H groups in total. The second-order valence-electron chi connectivity index (χ2n) is 8.01. The lowest BCUT2D eigenvalue weighted by molar-refractivity contribution is -0.117. The van der Waals surface area contributed by atoms with Gasteiger partial charge in [0, 0.05) is 54.1 Å². The van der Waals surface area contributed by atoms with E-state index >= 15 is 0 Å². The zero-order valence-electron chi connectivity index (χ0n) is 18.4.